The normalized spacial score (nSPS) is 12.7. The van der Waals surface area contributed by atoms with Crippen LogP contribution >= 0.6 is 0 Å². The molecule has 4 aromatic carbocycles. The van der Waals surface area contributed by atoms with Crippen LogP contribution in [0, 0.1) is 0 Å². The Morgan fingerprint density at radius 2 is 1.23 bits per heavy atom. The van der Waals surface area contributed by atoms with Gasteiger partial charge in [-0.25, -0.2) is 0 Å². The summed E-state index contributed by atoms with van der Waals surface area (Å²) in [5.41, 5.74) is 3.79. The van der Waals surface area contributed by atoms with E-state index in [0.717, 1.165) is 5.75 Å². The molecule has 0 unspecified atom stereocenters. The Morgan fingerprint density at radius 1 is 0.591 bits per heavy atom. The Bertz CT molecular complexity index is 945. The molecule has 0 radical (unpaired) electrons. The van der Waals surface area contributed by atoms with Crippen LogP contribution in [0.15, 0.2) is 72.8 Å². The van der Waals surface area contributed by atoms with Gasteiger partial charge >= 0.3 is 0 Å². The summed E-state index contributed by atoms with van der Waals surface area (Å²) in [5, 5.41) is 4.98. The Labute approximate surface area is 128 Å². The summed E-state index contributed by atoms with van der Waals surface area (Å²) >= 11 is 0. The lowest BCUT2D eigenvalue weighted by Crippen LogP contribution is -2.06. The fraction of sp³-hybridized carbons (Fsp3) is 0.0476. The quantitative estimate of drug-likeness (QED) is 0.410. The molecule has 1 heterocycles. The Hall–Kier alpha value is -2.80. The van der Waals surface area contributed by atoms with Crippen molar-refractivity contribution in [2.24, 2.45) is 0 Å². The summed E-state index contributed by atoms with van der Waals surface area (Å²) in [7, 11) is 0. The number of rotatable bonds is 0. The van der Waals surface area contributed by atoms with Gasteiger partial charge in [0.25, 0.3) is 0 Å². The number of fused-ring (bicyclic) bond motifs is 7. The van der Waals surface area contributed by atoms with Crippen LogP contribution in [0.1, 0.15) is 5.56 Å². The number of benzene rings is 4. The molecule has 1 aliphatic heterocycles. The van der Waals surface area contributed by atoms with Gasteiger partial charge in [-0.2, -0.15) is 0 Å². The fourth-order valence-corrected chi connectivity index (χ4v) is 3.50. The first-order valence-electron chi connectivity index (χ1n) is 7.57. The summed E-state index contributed by atoms with van der Waals surface area (Å²) in [6.07, 6.45) is 0. The van der Waals surface area contributed by atoms with Gasteiger partial charge in [0.05, 0.1) is 0 Å². The van der Waals surface area contributed by atoms with Crippen molar-refractivity contribution in [3.05, 3.63) is 78.4 Å². The largest absolute Gasteiger partial charge is 0.488 e. The number of ether oxygens (including phenoxy) is 1. The molecule has 5 rings (SSSR count). The lowest BCUT2D eigenvalue weighted by atomic mass is 9.91. The smallest absolute Gasteiger partial charge is 0.135 e. The van der Waals surface area contributed by atoms with E-state index in [-0.39, 0.29) is 0 Å². The van der Waals surface area contributed by atoms with Crippen molar-refractivity contribution in [1.82, 2.24) is 0 Å². The van der Waals surface area contributed by atoms with E-state index in [0.29, 0.717) is 6.61 Å². The van der Waals surface area contributed by atoms with E-state index >= 15 is 0 Å². The van der Waals surface area contributed by atoms with Crippen molar-refractivity contribution in [3.8, 4) is 16.9 Å². The predicted octanol–water partition coefficient (Wildman–Crippen LogP) is 5.55. The van der Waals surface area contributed by atoms with E-state index in [4.69, 9.17) is 4.74 Å². The van der Waals surface area contributed by atoms with E-state index in [2.05, 4.69) is 72.8 Å². The highest BCUT2D eigenvalue weighted by Crippen LogP contribution is 2.43. The van der Waals surface area contributed by atoms with Crippen molar-refractivity contribution in [3.63, 3.8) is 0 Å². The summed E-state index contributed by atoms with van der Waals surface area (Å²) in [6, 6.07) is 25.7. The third kappa shape index (κ3) is 1.54. The van der Waals surface area contributed by atoms with Crippen LogP contribution in [0.5, 0.6) is 5.75 Å². The van der Waals surface area contributed by atoms with E-state index in [9.17, 15) is 0 Å². The van der Waals surface area contributed by atoms with Crippen LogP contribution in [0.25, 0.3) is 32.7 Å². The molecular formula is C21H14O. The minimum absolute atomic E-state index is 0.637. The van der Waals surface area contributed by atoms with Crippen molar-refractivity contribution in [2.45, 2.75) is 6.61 Å². The molecule has 0 N–H and O–H groups in total. The molecule has 0 aromatic heterocycles. The minimum atomic E-state index is 0.637. The molecule has 0 bridgehead atoms. The third-order valence-electron chi connectivity index (χ3n) is 4.57. The standard InChI is InChI=1S/C21H14O/c1-3-7-16-14(5-1)9-11-18-19-12-10-15-6-2-4-8-17(15)21(19)22-13-20(16)18/h1-12H,13H2. The van der Waals surface area contributed by atoms with Crippen LogP contribution in [0.2, 0.25) is 0 Å². The second kappa shape index (κ2) is 4.35. The van der Waals surface area contributed by atoms with Crippen LogP contribution in [-0.2, 0) is 6.61 Å². The van der Waals surface area contributed by atoms with Crippen LogP contribution in [0.4, 0.5) is 0 Å². The van der Waals surface area contributed by atoms with Crippen molar-refractivity contribution >= 4 is 21.5 Å². The third-order valence-corrected chi connectivity index (χ3v) is 4.57. The topological polar surface area (TPSA) is 9.23 Å². The molecule has 0 saturated carbocycles. The van der Waals surface area contributed by atoms with Gasteiger partial charge in [0.1, 0.15) is 12.4 Å². The van der Waals surface area contributed by atoms with Gasteiger partial charge in [-0.1, -0.05) is 72.8 Å². The average molecular weight is 282 g/mol. The van der Waals surface area contributed by atoms with Crippen molar-refractivity contribution < 1.29 is 4.74 Å². The average Bonchev–Trinajstić information content (AvgIpc) is 2.60. The SMILES string of the molecule is c1ccc2c3c(ccc2c1)-c1ccc2ccccc2c1OC3. The monoisotopic (exact) mass is 282 g/mol. The maximum absolute atomic E-state index is 6.17. The molecule has 4 aromatic rings. The van der Waals surface area contributed by atoms with E-state index < -0.39 is 0 Å². The second-order valence-corrected chi connectivity index (χ2v) is 5.76. The van der Waals surface area contributed by atoms with Gasteiger partial charge in [0.2, 0.25) is 0 Å². The zero-order chi connectivity index (χ0) is 14.5. The molecule has 1 nitrogen and oxygen atoms in total. The molecule has 1 heteroatoms. The first-order valence-corrected chi connectivity index (χ1v) is 7.57. The van der Waals surface area contributed by atoms with Crippen LogP contribution < -0.4 is 4.74 Å². The molecule has 104 valence electrons. The van der Waals surface area contributed by atoms with Crippen LogP contribution in [0.3, 0.4) is 0 Å². The molecule has 0 aliphatic carbocycles. The zero-order valence-corrected chi connectivity index (χ0v) is 12.0. The lowest BCUT2D eigenvalue weighted by Gasteiger charge is -2.23. The van der Waals surface area contributed by atoms with E-state index in [1.807, 2.05) is 0 Å². The molecule has 0 atom stereocenters. The van der Waals surface area contributed by atoms with Crippen molar-refractivity contribution in [1.29, 1.82) is 0 Å². The van der Waals surface area contributed by atoms with Crippen molar-refractivity contribution in [2.75, 3.05) is 0 Å². The highest BCUT2D eigenvalue weighted by Gasteiger charge is 2.20. The molecular weight excluding hydrogens is 268 g/mol. The first kappa shape index (κ1) is 11.8. The molecule has 0 spiro atoms. The Balaban J connectivity index is 1.87. The maximum Gasteiger partial charge on any atom is 0.135 e. The summed E-state index contributed by atoms with van der Waals surface area (Å²) in [4.78, 5) is 0. The Morgan fingerprint density at radius 3 is 2.05 bits per heavy atom. The maximum atomic E-state index is 6.17. The molecule has 0 saturated heterocycles. The predicted molar refractivity (Wildman–Crippen MR) is 91.2 cm³/mol. The van der Waals surface area contributed by atoms with Gasteiger partial charge in [-0.15, -0.1) is 0 Å². The summed E-state index contributed by atoms with van der Waals surface area (Å²) in [6.45, 7) is 0.637. The Kier molecular flexibility index (Phi) is 2.33. The first-order chi connectivity index (χ1) is 10.9. The van der Waals surface area contributed by atoms with E-state index in [1.165, 1.54) is 38.2 Å². The lowest BCUT2D eigenvalue weighted by molar-refractivity contribution is 0.308. The molecule has 1 aliphatic rings. The van der Waals surface area contributed by atoms with Gasteiger partial charge in [-0.05, 0) is 21.7 Å². The highest BCUT2D eigenvalue weighted by molar-refractivity contribution is 5.99. The molecule has 0 fully saturated rings. The van der Waals surface area contributed by atoms with Gasteiger partial charge in [0.15, 0.2) is 0 Å². The number of hydrogen-bond acceptors (Lipinski definition) is 1. The van der Waals surface area contributed by atoms with E-state index in [1.54, 1.807) is 0 Å². The zero-order valence-electron chi connectivity index (χ0n) is 12.0. The molecule has 0 amide bonds. The summed E-state index contributed by atoms with van der Waals surface area (Å²) in [5.74, 6) is 1.01. The van der Waals surface area contributed by atoms with Gasteiger partial charge in [-0.3, -0.25) is 0 Å². The highest BCUT2D eigenvalue weighted by atomic mass is 16.5. The summed E-state index contributed by atoms with van der Waals surface area (Å²) < 4.78 is 6.17. The fourth-order valence-electron chi connectivity index (χ4n) is 3.50. The minimum Gasteiger partial charge on any atom is -0.488 e. The van der Waals surface area contributed by atoms with Gasteiger partial charge in [0, 0.05) is 16.5 Å². The number of hydrogen-bond donors (Lipinski definition) is 0. The second-order valence-electron chi connectivity index (χ2n) is 5.76. The van der Waals surface area contributed by atoms with Crippen LogP contribution in [-0.4, -0.2) is 0 Å². The molecule has 22 heavy (non-hydrogen) atoms. The van der Waals surface area contributed by atoms with Gasteiger partial charge < -0.3 is 4.74 Å².